The largest absolute Gasteiger partial charge is 0.377 e. The molecule has 0 bridgehead atoms. The molecule has 0 aliphatic carbocycles. The van der Waals surface area contributed by atoms with E-state index in [-0.39, 0.29) is 17.9 Å². The number of nitrogens with zero attached hydrogens (tertiary/aromatic N) is 3. The van der Waals surface area contributed by atoms with Crippen LogP contribution in [0.15, 0.2) is 36.9 Å². The Kier molecular flexibility index (Phi) is 5.10. The Morgan fingerprint density at radius 1 is 1.50 bits per heavy atom. The van der Waals surface area contributed by atoms with Gasteiger partial charge in [-0.15, -0.1) is 0 Å². The quantitative estimate of drug-likeness (QED) is 0.932. The third-order valence-corrected chi connectivity index (χ3v) is 4.09. The van der Waals surface area contributed by atoms with E-state index in [0.717, 1.165) is 5.56 Å². The molecule has 1 aliphatic rings. The van der Waals surface area contributed by atoms with Gasteiger partial charge in [0.05, 0.1) is 32.1 Å². The zero-order valence-corrected chi connectivity index (χ0v) is 13.6. The molecule has 24 heavy (non-hydrogen) atoms. The Hall–Kier alpha value is -2.41. The summed E-state index contributed by atoms with van der Waals surface area (Å²) in [4.78, 5) is 18.0. The van der Waals surface area contributed by atoms with Gasteiger partial charge in [0.25, 0.3) is 0 Å². The zero-order valence-electron chi connectivity index (χ0n) is 13.6. The minimum Gasteiger partial charge on any atom is -0.377 e. The van der Waals surface area contributed by atoms with Crippen LogP contribution in [-0.4, -0.2) is 46.3 Å². The van der Waals surface area contributed by atoms with Crippen molar-refractivity contribution in [2.45, 2.75) is 26.1 Å². The summed E-state index contributed by atoms with van der Waals surface area (Å²) < 4.78 is 21.1. The summed E-state index contributed by atoms with van der Waals surface area (Å²) in [6.45, 7) is 4.43. The Bertz CT molecular complexity index is 690. The van der Waals surface area contributed by atoms with Gasteiger partial charge in [0, 0.05) is 31.0 Å². The molecule has 1 aromatic heterocycles. The number of benzene rings is 1. The third kappa shape index (κ3) is 3.91. The van der Waals surface area contributed by atoms with Crippen molar-refractivity contribution in [2.75, 3.05) is 19.8 Å². The van der Waals surface area contributed by atoms with Crippen LogP contribution in [-0.2, 0) is 17.8 Å². The highest BCUT2D eigenvalue weighted by molar-refractivity contribution is 5.74. The predicted octanol–water partition coefficient (Wildman–Crippen LogP) is 2.00. The predicted molar refractivity (Wildman–Crippen MR) is 87.0 cm³/mol. The Morgan fingerprint density at radius 2 is 2.38 bits per heavy atom. The molecule has 1 saturated heterocycles. The number of nitrogens with one attached hydrogen (secondary N) is 1. The fourth-order valence-electron chi connectivity index (χ4n) is 2.74. The van der Waals surface area contributed by atoms with E-state index in [1.54, 1.807) is 40.3 Å². The Morgan fingerprint density at radius 3 is 3.12 bits per heavy atom. The Labute approximate surface area is 140 Å². The van der Waals surface area contributed by atoms with E-state index >= 15 is 0 Å². The number of urea groups is 1. The van der Waals surface area contributed by atoms with Crippen LogP contribution in [0.4, 0.5) is 9.18 Å². The van der Waals surface area contributed by atoms with Crippen molar-refractivity contribution in [3.63, 3.8) is 0 Å². The highest BCUT2D eigenvalue weighted by Gasteiger charge is 2.23. The highest BCUT2D eigenvalue weighted by atomic mass is 19.1. The molecule has 1 atom stereocenters. The van der Waals surface area contributed by atoms with Crippen molar-refractivity contribution in [3.8, 4) is 0 Å². The van der Waals surface area contributed by atoms with Gasteiger partial charge in [-0.25, -0.2) is 14.2 Å². The number of morpholine rings is 1. The van der Waals surface area contributed by atoms with Crippen molar-refractivity contribution < 1.29 is 13.9 Å². The number of imidazole rings is 1. The van der Waals surface area contributed by atoms with Crippen LogP contribution >= 0.6 is 0 Å². The lowest BCUT2D eigenvalue weighted by Gasteiger charge is -2.33. The second-order valence-electron chi connectivity index (χ2n) is 5.94. The van der Waals surface area contributed by atoms with Gasteiger partial charge in [-0.3, -0.25) is 0 Å². The molecule has 7 heteroatoms. The summed E-state index contributed by atoms with van der Waals surface area (Å²) >= 11 is 0. The van der Waals surface area contributed by atoms with E-state index in [2.05, 4.69) is 10.3 Å². The van der Waals surface area contributed by atoms with Crippen LogP contribution in [0.3, 0.4) is 0 Å². The first-order chi connectivity index (χ1) is 11.6. The number of carbonyl (C=O) groups is 1. The van der Waals surface area contributed by atoms with Gasteiger partial charge in [-0.2, -0.15) is 0 Å². The molecule has 2 aromatic rings. The topological polar surface area (TPSA) is 59.4 Å². The molecule has 1 aromatic carbocycles. The Balaban J connectivity index is 1.61. The number of halogens is 1. The van der Waals surface area contributed by atoms with Crippen molar-refractivity contribution in [2.24, 2.45) is 0 Å². The maximum Gasteiger partial charge on any atom is 0.318 e. The van der Waals surface area contributed by atoms with Gasteiger partial charge in [0.2, 0.25) is 0 Å². The first-order valence-corrected chi connectivity index (χ1v) is 7.99. The summed E-state index contributed by atoms with van der Waals surface area (Å²) in [5.74, 6) is -0.263. The van der Waals surface area contributed by atoms with Gasteiger partial charge in [0.15, 0.2) is 0 Å². The van der Waals surface area contributed by atoms with Gasteiger partial charge >= 0.3 is 6.03 Å². The monoisotopic (exact) mass is 332 g/mol. The van der Waals surface area contributed by atoms with Gasteiger partial charge in [0.1, 0.15) is 5.82 Å². The van der Waals surface area contributed by atoms with Crippen molar-refractivity contribution >= 4 is 6.03 Å². The summed E-state index contributed by atoms with van der Waals surface area (Å²) in [7, 11) is 0. The van der Waals surface area contributed by atoms with Crippen LogP contribution < -0.4 is 5.32 Å². The van der Waals surface area contributed by atoms with E-state index in [1.165, 1.54) is 6.07 Å². The summed E-state index contributed by atoms with van der Waals surface area (Å²) in [5.41, 5.74) is 1.43. The average Bonchev–Trinajstić information content (AvgIpc) is 3.09. The molecule has 128 valence electrons. The van der Waals surface area contributed by atoms with Gasteiger partial charge < -0.3 is 19.5 Å². The van der Waals surface area contributed by atoms with Gasteiger partial charge in [-0.1, -0.05) is 6.07 Å². The van der Waals surface area contributed by atoms with Crippen LogP contribution in [0.5, 0.6) is 0 Å². The molecule has 1 fully saturated rings. The van der Waals surface area contributed by atoms with Crippen LogP contribution in [0.25, 0.3) is 0 Å². The molecular weight excluding hydrogens is 311 g/mol. The molecule has 1 aliphatic heterocycles. The fourth-order valence-corrected chi connectivity index (χ4v) is 2.74. The summed E-state index contributed by atoms with van der Waals surface area (Å²) in [6.07, 6.45) is 5.09. The molecule has 0 unspecified atom stereocenters. The minimum atomic E-state index is -0.263. The first-order valence-electron chi connectivity index (χ1n) is 7.99. The lowest BCUT2D eigenvalue weighted by molar-refractivity contribution is 0.0190. The fraction of sp³-hybridized carbons (Fsp3) is 0.412. The molecule has 1 N–H and O–H groups in total. The molecule has 0 spiro atoms. The van der Waals surface area contributed by atoms with Crippen LogP contribution in [0, 0.1) is 5.82 Å². The second-order valence-corrected chi connectivity index (χ2v) is 5.94. The second kappa shape index (κ2) is 7.44. The first kappa shape index (κ1) is 16.4. The number of ether oxygens (including phenoxy) is 1. The summed E-state index contributed by atoms with van der Waals surface area (Å²) in [5, 5.41) is 2.89. The highest BCUT2D eigenvalue weighted by Crippen LogP contribution is 2.13. The molecule has 2 amide bonds. The molecule has 6 nitrogen and oxygen atoms in total. The zero-order chi connectivity index (χ0) is 16.9. The number of amides is 2. The lowest BCUT2D eigenvalue weighted by Crippen LogP contribution is -2.51. The molecule has 0 saturated carbocycles. The van der Waals surface area contributed by atoms with Crippen LogP contribution in [0.2, 0.25) is 0 Å². The van der Waals surface area contributed by atoms with E-state index in [9.17, 15) is 9.18 Å². The number of aromatic nitrogens is 2. The third-order valence-electron chi connectivity index (χ3n) is 4.09. The van der Waals surface area contributed by atoms with Gasteiger partial charge in [-0.05, 0) is 24.6 Å². The van der Waals surface area contributed by atoms with E-state index in [1.807, 2.05) is 6.92 Å². The standard InChI is InChI=1S/C17H21FN4O2/c1-13-11-24-7-6-22(13)17(23)20-9-14-2-3-16(18)15(8-14)10-21-5-4-19-12-21/h2-5,8,12-13H,6-7,9-11H2,1H3,(H,20,23)/t13-/m0/s1. The van der Waals surface area contributed by atoms with Crippen molar-refractivity contribution in [1.29, 1.82) is 0 Å². The van der Waals surface area contributed by atoms with E-state index in [4.69, 9.17) is 4.74 Å². The number of hydrogen-bond acceptors (Lipinski definition) is 3. The number of carbonyl (C=O) groups excluding carboxylic acids is 1. The van der Waals surface area contributed by atoms with Crippen molar-refractivity contribution in [1.82, 2.24) is 19.8 Å². The SMILES string of the molecule is C[C@H]1COCCN1C(=O)NCc1ccc(F)c(Cn2ccnc2)c1. The maximum absolute atomic E-state index is 14.0. The molecule has 0 radical (unpaired) electrons. The normalized spacial score (nSPS) is 17.8. The molecule has 3 rings (SSSR count). The van der Waals surface area contributed by atoms with E-state index in [0.29, 0.717) is 38.4 Å². The smallest absolute Gasteiger partial charge is 0.318 e. The summed E-state index contributed by atoms with van der Waals surface area (Å²) in [6, 6.07) is 4.84. The van der Waals surface area contributed by atoms with E-state index < -0.39 is 0 Å². The molecule has 2 heterocycles. The van der Waals surface area contributed by atoms with Crippen molar-refractivity contribution in [3.05, 3.63) is 53.9 Å². The average molecular weight is 332 g/mol. The minimum absolute atomic E-state index is 0.0590. The lowest BCUT2D eigenvalue weighted by atomic mass is 10.1. The maximum atomic E-state index is 14.0. The van der Waals surface area contributed by atoms with Crippen LogP contribution in [0.1, 0.15) is 18.1 Å². The molecular formula is C17H21FN4O2. The number of hydrogen-bond donors (Lipinski definition) is 1. The number of rotatable bonds is 4.